The number of benzene rings is 1. The van der Waals surface area contributed by atoms with Gasteiger partial charge in [0.1, 0.15) is 25.0 Å². The van der Waals surface area contributed by atoms with Crippen LogP contribution in [0.1, 0.15) is 11.1 Å². The third-order valence-corrected chi connectivity index (χ3v) is 4.32. The highest BCUT2D eigenvalue weighted by atomic mass is 32.2. The number of hydrogen-bond donors (Lipinski definition) is 1. The highest BCUT2D eigenvalue weighted by Gasteiger charge is 2.17. The number of aromatic nitrogens is 1. The lowest BCUT2D eigenvalue weighted by molar-refractivity contribution is -0.139. The normalized spacial score (nSPS) is 11.2. The van der Waals surface area contributed by atoms with Crippen LogP contribution in [0.4, 0.5) is 4.39 Å². The molecule has 0 radical (unpaired) electrons. The van der Waals surface area contributed by atoms with E-state index >= 15 is 0 Å². The zero-order chi connectivity index (χ0) is 20.4. The van der Waals surface area contributed by atoms with Gasteiger partial charge in [0, 0.05) is 12.7 Å². The first-order chi connectivity index (χ1) is 13.5. The number of carbonyl (C=O) groups is 1. The van der Waals surface area contributed by atoms with E-state index in [1.165, 1.54) is 24.0 Å². The molecule has 0 fully saturated rings. The lowest BCUT2D eigenvalue weighted by Crippen LogP contribution is -2.19. The molecule has 146 valence electrons. The first-order valence-electron chi connectivity index (χ1n) is 8.42. The number of nitrogens with one attached hydrogen (secondary N) is 1. The van der Waals surface area contributed by atoms with Crippen molar-refractivity contribution < 1.29 is 18.7 Å². The number of nitrogens with zero attached hydrogens (tertiary/aromatic N) is 2. The van der Waals surface area contributed by atoms with Gasteiger partial charge < -0.3 is 14.8 Å². The Morgan fingerprint density at radius 2 is 2.14 bits per heavy atom. The summed E-state index contributed by atoms with van der Waals surface area (Å²) >= 11 is 1.21. The highest BCUT2D eigenvalue weighted by molar-refractivity contribution is 8.02. The van der Waals surface area contributed by atoms with E-state index in [0.29, 0.717) is 22.9 Å². The number of ether oxygens (including phenoxy) is 2. The third-order valence-electron chi connectivity index (χ3n) is 3.56. The van der Waals surface area contributed by atoms with Crippen LogP contribution in [0.3, 0.4) is 0 Å². The second kappa shape index (κ2) is 10.9. The minimum absolute atomic E-state index is 0.0154. The molecule has 1 heterocycles. The van der Waals surface area contributed by atoms with E-state index in [4.69, 9.17) is 9.47 Å². The summed E-state index contributed by atoms with van der Waals surface area (Å²) < 4.78 is 23.5. The fraction of sp³-hybridized carbons (Fsp3) is 0.250. The summed E-state index contributed by atoms with van der Waals surface area (Å²) in [4.78, 5) is 15.8. The molecule has 0 aliphatic heterocycles. The maximum atomic E-state index is 12.9. The number of pyridine rings is 1. The maximum absolute atomic E-state index is 12.9. The molecular weight excluding hydrogens is 381 g/mol. The number of halogens is 1. The van der Waals surface area contributed by atoms with Gasteiger partial charge >= 0.3 is 5.97 Å². The van der Waals surface area contributed by atoms with Crippen LogP contribution in [0.15, 0.2) is 53.2 Å². The van der Waals surface area contributed by atoms with Gasteiger partial charge in [0.15, 0.2) is 5.57 Å². The summed E-state index contributed by atoms with van der Waals surface area (Å²) in [7, 11) is 0. The van der Waals surface area contributed by atoms with Crippen molar-refractivity contribution in [2.45, 2.75) is 13.5 Å². The van der Waals surface area contributed by atoms with Crippen LogP contribution in [-0.4, -0.2) is 30.4 Å². The predicted molar refractivity (Wildman–Crippen MR) is 105 cm³/mol. The Kier molecular flexibility index (Phi) is 8.31. The number of carbonyl (C=O) groups excluding carboxylic acids is 1. The molecule has 1 N–H and O–H groups in total. The summed E-state index contributed by atoms with van der Waals surface area (Å²) in [5.74, 6) is -0.616. The second-order valence-corrected chi connectivity index (χ2v) is 6.48. The average molecular weight is 401 g/mol. The fourth-order valence-corrected chi connectivity index (χ4v) is 2.77. The van der Waals surface area contributed by atoms with Gasteiger partial charge in [-0.1, -0.05) is 18.2 Å². The Labute approximate surface area is 167 Å². The zero-order valence-electron chi connectivity index (χ0n) is 15.6. The fourth-order valence-electron chi connectivity index (χ4n) is 2.22. The number of nitriles is 1. The third kappa shape index (κ3) is 6.59. The molecule has 6 nitrogen and oxygen atoms in total. The Morgan fingerprint density at radius 1 is 1.32 bits per heavy atom. The van der Waals surface area contributed by atoms with E-state index in [-0.39, 0.29) is 18.8 Å². The average Bonchev–Trinajstić information content (AvgIpc) is 2.69. The molecule has 0 bridgehead atoms. The molecule has 0 spiro atoms. The van der Waals surface area contributed by atoms with Crippen LogP contribution in [0.2, 0.25) is 0 Å². The van der Waals surface area contributed by atoms with Crippen LogP contribution in [0.5, 0.6) is 5.75 Å². The first kappa shape index (κ1) is 21.3. The molecule has 0 aliphatic carbocycles. The molecule has 0 amide bonds. The van der Waals surface area contributed by atoms with Crippen molar-refractivity contribution in [1.29, 1.82) is 5.26 Å². The molecule has 0 unspecified atom stereocenters. The van der Waals surface area contributed by atoms with Gasteiger partial charge in [0.2, 0.25) is 5.95 Å². The lowest BCUT2D eigenvalue weighted by atomic mass is 10.2. The van der Waals surface area contributed by atoms with Crippen LogP contribution < -0.4 is 10.1 Å². The van der Waals surface area contributed by atoms with Gasteiger partial charge in [-0.3, -0.25) is 0 Å². The number of aryl methyl sites for hydroxylation is 1. The number of thioether (sulfide) groups is 1. The topological polar surface area (TPSA) is 84.2 Å². The van der Waals surface area contributed by atoms with Gasteiger partial charge in [0.25, 0.3) is 0 Å². The van der Waals surface area contributed by atoms with Crippen molar-refractivity contribution in [3.8, 4) is 11.8 Å². The first-order valence-corrected chi connectivity index (χ1v) is 9.65. The lowest BCUT2D eigenvalue weighted by Gasteiger charge is -2.11. The van der Waals surface area contributed by atoms with Crippen molar-refractivity contribution in [1.82, 2.24) is 10.3 Å². The van der Waals surface area contributed by atoms with Crippen LogP contribution in [0, 0.1) is 24.2 Å². The van der Waals surface area contributed by atoms with E-state index in [2.05, 4.69) is 10.3 Å². The summed E-state index contributed by atoms with van der Waals surface area (Å²) in [6.45, 7) is 2.44. The Bertz CT molecular complexity index is 879. The molecule has 2 rings (SSSR count). The molecule has 1 aromatic heterocycles. The predicted octanol–water partition coefficient (Wildman–Crippen LogP) is 3.34. The second-order valence-electron chi connectivity index (χ2n) is 5.66. The molecule has 2 aromatic rings. The van der Waals surface area contributed by atoms with Crippen LogP contribution in [0.25, 0.3) is 0 Å². The number of esters is 1. The largest absolute Gasteiger partial charge is 0.490 e. The maximum Gasteiger partial charge on any atom is 0.351 e. The van der Waals surface area contributed by atoms with Crippen molar-refractivity contribution in [3.05, 3.63) is 70.3 Å². The standard InChI is InChI=1S/C20H20FN3O3S/c1-14-4-3-5-16(10-14)26-8-9-27-20(25)17(11-22)19(28-2)24-13-15-6-7-18(21)23-12-15/h3-7,10,12,24H,8-9,13H2,1-2H3/b19-17+. The van der Waals surface area contributed by atoms with Gasteiger partial charge in [0.05, 0.1) is 5.03 Å². The van der Waals surface area contributed by atoms with E-state index in [0.717, 1.165) is 5.56 Å². The Balaban J connectivity index is 1.89. The van der Waals surface area contributed by atoms with E-state index in [1.807, 2.05) is 37.3 Å². The van der Waals surface area contributed by atoms with E-state index < -0.39 is 11.9 Å². The summed E-state index contributed by atoms with van der Waals surface area (Å²) in [5, 5.41) is 12.7. The van der Waals surface area contributed by atoms with Crippen LogP contribution in [-0.2, 0) is 16.1 Å². The van der Waals surface area contributed by atoms with Crippen molar-refractivity contribution in [2.24, 2.45) is 0 Å². The molecule has 0 aliphatic rings. The molecule has 0 saturated heterocycles. The van der Waals surface area contributed by atoms with Crippen molar-refractivity contribution in [3.63, 3.8) is 0 Å². The van der Waals surface area contributed by atoms with E-state index in [1.54, 1.807) is 12.3 Å². The quantitative estimate of drug-likeness (QED) is 0.227. The molecule has 0 saturated carbocycles. The van der Waals surface area contributed by atoms with Crippen molar-refractivity contribution >= 4 is 17.7 Å². The molecule has 28 heavy (non-hydrogen) atoms. The minimum Gasteiger partial charge on any atom is -0.490 e. The van der Waals surface area contributed by atoms with E-state index in [9.17, 15) is 14.4 Å². The molecule has 0 atom stereocenters. The summed E-state index contributed by atoms with van der Waals surface area (Å²) in [6, 6.07) is 12.2. The summed E-state index contributed by atoms with van der Waals surface area (Å²) in [6.07, 6.45) is 3.12. The van der Waals surface area contributed by atoms with Gasteiger partial charge in [-0.15, -0.1) is 11.8 Å². The molecule has 8 heteroatoms. The molecule has 1 aromatic carbocycles. The van der Waals surface area contributed by atoms with Crippen LogP contribution >= 0.6 is 11.8 Å². The summed E-state index contributed by atoms with van der Waals surface area (Å²) in [5.41, 5.74) is 1.65. The Hall–Kier alpha value is -3.05. The number of hydrogen-bond acceptors (Lipinski definition) is 7. The molecular formula is C20H20FN3O3S. The smallest absolute Gasteiger partial charge is 0.351 e. The van der Waals surface area contributed by atoms with Gasteiger partial charge in [-0.25, -0.2) is 9.78 Å². The number of rotatable bonds is 9. The highest BCUT2D eigenvalue weighted by Crippen LogP contribution is 2.16. The Morgan fingerprint density at radius 3 is 2.79 bits per heavy atom. The van der Waals surface area contributed by atoms with Crippen molar-refractivity contribution in [2.75, 3.05) is 19.5 Å². The van der Waals surface area contributed by atoms with Gasteiger partial charge in [-0.05, 0) is 42.5 Å². The monoisotopic (exact) mass is 401 g/mol. The zero-order valence-corrected chi connectivity index (χ0v) is 16.4. The minimum atomic E-state index is -0.732. The van der Waals surface area contributed by atoms with Gasteiger partial charge in [-0.2, -0.15) is 9.65 Å². The SMILES string of the molecule is CS/C(NCc1ccc(F)nc1)=C(\C#N)C(=O)OCCOc1cccc(C)c1.